The van der Waals surface area contributed by atoms with Gasteiger partial charge in [-0.15, -0.1) is 0 Å². The average molecular weight is 280 g/mol. The van der Waals surface area contributed by atoms with Gasteiger partial charge in [0.2, 0.25) is 0 Å². The Morgan fingerprint density at radius 1 is 1.15 bits per heavy atom. The topological polar surface area (TPSA) is 47.7 Å². The fourth-order valence-electron chi connectivity index (χ4n) is 2.45. The predicted molar refractivity (Wildman–Crippen MR) is 83.5 cm³/mol. The highest BCUT2D eigenvalue weighted by Gasteiger charge is 2.18. The quantitative estimate of drug-likeness (QED) is 0.755. The molecule has 114 valence electrons. The first-order valence-electron chi connectivity index (χ1n) is 7.37. The molecule has 0 radical (unpaired) electrons. The van der Waals surface area contributed by atoms with Gasteiger partial charge in [-0.25, -0.2) is 0 Å². The molecule has 1 aromatic carbocycles. The van der Waals surface area contributed by atoms with Crippen molar-refractivity contribution in [3.8, 4) is 11.5 Å². The lowest BCUT2D eigenvalue weighted by atomic mass is 10.0. The number of benzene rings is 1. The lowest BCUT2D eigenvalue weighted by molar-refractivity contribution is 0.208. The van der Waals surface area contributed by atoms with E-state index < -0.39 is 0 Å². The monoisotopic (exact) mass is 280 g/mol. The fourth-order valence-corrected chi connectivity index (χ4v) is 2.45. The molecular formula is C16H28N2O2. The summed E-state index contributed by atoms with van der Waals surface area (Å²) in [5.41, 5.74) is 7.18. The number of hydrogen-bond acceptors (Lipinski definition) is 4. The molecule has 0 aliphatic carbocycles. The Balaban J connectivity index is 2.98. The Labute approximate surface area is 122 Å². The minimum atomic E-state index is 0.228. The van der Waals surface area contributed by atoms with Gasteiger partial charge in [-0.05, 0) is 37.2 Å². The summed E-state index contributed by atoms with van der Waals surface area (Å²) in [7, 11) is 3.31. The molecule has 1 rings (SSSR count). The molecule has 4 heteroatoms. The number of methoxy groups -OCH3 is 2. The molecule has 0 fully saturated rings. The molecule has 0 heterocycles. The molecule has 0 spiro atoms. The zero-order valence-corrected chi connectivity index (χ0v) is 13.2. The van der Waals surface area contributed by atoms with Gasteiger partial charge in [0.15, 0.2) is 11.5 Å². The number of ether oxygens (including phenoxy) is 2. The summed E-state index contributed by atoms with van der Waals surface area (Å²) in [5.74, 6) is 1.51. The summed E-state index contributed by atoms with van der Waals surface area (Å²) in [6.07, 6.45) is 2.39. The molecule has 1 unspecified atom stereocenters. The number of nitrogens with zero attached hydrogens (tertiary/aromatic N) is 1. The van der Waals surface area contributed by atoms with Crippen molar-refractivity contribution in [3.05, 3.63) is 23.8 Å². The van der Waals surface area contributed by atoms with Crippen molar-refractivity contribution in [1.82, 2.24) is 4.90 Å². The van der Waals surface area contributed by atoms with E-state index in [9.17, 15) is 0 Å². The van der Waals surface area contributed by atoms with Crippen molar-refractivity contribution in [2.24, 2.45) is 5.73 Å². The van der Waals surface area contributed by atoms with E-state index in [4.69, 9.17) is 15.2 Å². The van der Waals surface area contributed by atoms with E-state index in [1.54, 1.807) is 14.2 Å². The highest BCUT2D eigenvalue weighted by Crippen LogP contribution is 2.31. The third kappa shape index (κ3) is 4.12. The summed E-state index contributed by atoms with van der Waals surface area (Å²) in [4.78, 5) is 2.42. The summed E-state index contributed by atoms with van der Waals surface area (Å²) >= 11 is 0. The molecular weight excluding hydrogens is 252 g/mol. The van der Waals surface area contributed by atoms with Crippen molar-refractivity contribution in [3.63, 3.8) is 0 Å². The molecule has 0 saturated carbocycles. The zero-order valence-electron chi connectivity index (χ0n) is 13.2. The summed E-state index contributed by atoms with van der Waals surface area (Å²) in [6.45, 7) is 7.06. The Bertz CT molecular complexity index is 396. The molecule has 20 heavy (non-hydrogen) atoms. The van der Waals surface area contributed by atoms with Crippen LogP contribution in [0.15, 0.2) is 18.2 Å². The molecule has 0 saturated heterocycles. The van der Waals surface area contributed by atoms with Crippen LogP contribution < -0.4 is 15.2 Å². The first-order chi connectivity index (χ1) is 9.71. The van der Waals surface area contributed by atoms with Gasteiger partial charge >= 0.3 is 0 Å². The average Bonchev–Trinajstić information content (AvgIpc) is 2.50. The lowest BCUT2D eigenvalue weighted by Gasteiger charge is -2.30. The molecule has 0 amide bonds. The predicted octanol–water partition coefficient (Wildman–Crippen LogP) is 2.83. The van der Waals surface area contributed by atoms with Crippen LogP contribution in [0.25, 0.3) is 0 Å². The van der Waals surface area contributed by atoms with E-state index in [1.807, 2.05) is 12.1 Å². The molecule has 0 aliphatic heterocycles. The van der Waals surface area contributed by atoms with Gasteiger partial charge in [-0.3, -0.25) is 4.90 Å². The number of unbranched alkanes of at least 4 members (excludes halogenated alkanes) is 1. The fraction of sp³-hybridized carbons (Fsp3) is 0.625. The van der Waals surface area contributed by atoms with Gasteiger partial charge < -0.3 is 15.2 Å². The maximum Gasteiger partial charge on any atom is 0.161 e. The highest BCUT2D eigenvalue weighted by molar-refractivity contribution is 5.43. The van der Waals surface area contributed by atoms with Gasteiger partial charge in [-0.2, -0.15) is 0 Å². The number of rotatable bonds is 9. The molecule has 0 bridgehead atoms. The third-order valence-electron chi connectivity index (χ3n) is 3.66. The van der Waals surface area contributed by atoms with Crippen LogP contribution in [-0.2, 0) is 0 Å². The molecule has 4 nitrogen and oxygen atoms in total. The van der Waals surface area contributed by atoms with Crippen LogP contribution in [0.4, 0.5) is 0 Å². The molecule has 0 aromatic heterocycles. The smallest absolute Gasteiger partial charge is 0.161 e. The second-order valence-corrected chi connectivity index (χ2v) is 4.85. The van der Waals surface area contributed by atoms with Crippen molar-refractivity contribution < 1.29 is 9.47 Å². The standard InChI is InChI=1S/C16H28N2O2/c1-5-7-10-18(6-2)14(12-17)13-8-9-15(19-3)16(11-13)20-4/h8-9,11,14H,5-7,10,12,17H2,1-4H3. The van der Waals surface area contributed by atoms with Crippen LogP contribution in [0.2, 0.25) is 0 Å². The van der Waals surface area contributed by atoms with E-state index in [-0.39, 0.29) is 6.04 Å². The van der Waals surface area contributed by atoms with Crippen LogP contribution >= 0.6 is 0 Å². The van der Waals surface area contributed by atoms with Crippen molar-refractivity contribution in [1.29, 1.82) is 0 Å². The minimum absolute atomic E-state index is 0.228. The van der Waals surface area contributed by atoms with E-state index in [1.165, 1.54) is 18.4 Å². The first kappa shape index (κ1) is 16.8. The summed E-state index contributed by atoms with van der Waals surface area (Å²) in [6, 6.07) is 6.29. The van der Waals surface area contributed by atoms with Crippen LogP contribution in [0.1, 0.15) is 38.3 Å². The van der Waals surface area contributed by atoms with E-state index in [2.05, 4.69) is 24.8 Å². The largest absolute Gasteiger partial charge is 0.493 e. The Kier molecular flexibility index (Phi) is 7.41. The van der Waals surface area contributed by atoms with Gasteiger partial charge in [0.25, 0.3) is 0 Å². The van der Waals surface area contributed by atoms with Crippen molar-refractivity contribution in [2.45, 2.75) is 32.7 Å². The molecule has 1 atom stereocenters. The number of likely N-dealkylation sites (N-methyl/N-ethyl adjacent to an activating group) is 1. The Morgan fingerprint density at radius 2 is 1.85 bits per heavy atom. The SMILES string of the molecule is CCCCN(CC)C(CN)c1ccc(OC)c(OC)c1. The van der Waals surface area contributed by atoms with Crippen LogP contribution in [-0.4, -0.2) is 38.8 Å². The van der Waals surface area contributed by atoms with Gasteiger partial charge in [0.1, 0.15) is 0 Å². The molecule has 2 N–H and O–H groups in total. The van der Waals surface area contributed by atoms with Crippen molar-refractivity contribution in [2.75, 3.05) is 33.9 Å². The maximum atomic E-state index is 6.00. The second-order valence-electron chi connectivity index (χ2n) is 4.85. The summed E-state index contributed by atoms with van der Waals surface area (Å²) < 4.78 is 10.7. The Hall–Kier alpha value is -1.26. The van der Waals surface area contributed by atoms with E-state index in [0.717, 1.165) is 24.6 Å². The van der Waals surface area contributed by atoms with Crippen LogP contribution in [0, 0.1) is 0 Å². The number of hydrogen-bond donors (Lipinski definition) is 1. The maximum absolute atomic E-state index is 6.00. The highest BCUT2D eigenvalue weighted by atomic mass is 16.5. The van der Waals surface area contributed by atoms with Gasteiger partial charge in [0.05, 0.1) is 14.2 Å². The van der Waals surface area contributed by atoms with Crippen LogP contribution in [0.5, 0.6) is 11.5 Å². The van der Waals surface area contributed by atoms with Gasteiger partial charge in [0, 0.05) is 12.6 Å². The molecule has 0 aliphatic rings. The van der Waals surface area contributed by atoms with Crippen LogP contribution in [0.3, 0.4) is 0 Å². The molecule has 1 aromatic rings. The van der Waals surface area contributed by atoms with Gasteiger partial charge in [-0.1, -0.05) is 26.3 Å². The number of nitrogens with two attached hydrogens (primary N) is 1. The lowest BCUT2D eigenvalue weighted by Crippen LogP contribution is -2.34. The van der Waals surface area contributed by atoms with E-state index >= 15 is 0 Å². The second kappa shape index (κ2) is 8.82. The first-order valence-corrected chi connectivity index (χ1v) is 7.37. The minimum Gasteiger partial charge on any atom is -0.493 e. The van der Waals surface area contributed by atoms with E-state index in [0.29, 0.717) is 6.54 Å². The Morgan fingerprint density at radius 3 is 2.35 bits per heavy atom. The van der Waals surface area contributed by atoms with Crippen molar-refractivity contribution >= 4 is 0 Å². The summed E-state index contributed by atoms with van der Waals surface area (Å²) in [5, 5.41) is 0. The normalized spacial score (nSPS) is 12.5. The third-order valence-corrected chi connectivity index (χ3v) is 3.66. The zero-order chi connectivity index (χ0) is 15.0.